The average Bonchev–Trinajstić information content (AvgIpc) is 2.71. The molecule has 0 saturated carbocycles. The van der Waals surface area contributed by atoms with Crippen LogP contribution >= 0.6 is 27.3 Å². The molecule has 1 aliphatic rings. The van der Waals surface area contributed by atoms with E-state index in [9.17, 15) is 0 Å². The topological polar surface area (TPSA) is 29.3 Å². The SMILES string of the molecule is Cc1sc(C(CN)N2CCCCc3ccccc32)cc1Br. The zero-order chi connectivity index (χ0) is 14.8. The van der Waals surface area contributed by atoms with Crippen LogP contribution in [0.15, 0.2) is 34.8 Å². The van der Waals surface area contributed by atoms with E-state index in [4.69, 9.17) is 5.73 Å². The molecule has 4 heteroatoms. The van der Waals surface area contributed by atoms with E-state index in [0.717, 1.165) is 6.54 Å². The molecule has 0 aliphatic carbocycles. The number of anilines is 1. The summed E-state index contributed by atoms with van der Waals surface area (Å²) in [5.41, 5.74) is 8.98. The fraction of sp³-hybridized carbons (Fsp3) is 0.412. The highest BCUT2D eigenvalue weighted by atomic mass is 79.9. The number of nitrogens with zero attached hydrogens (tertiary/aromatic N) is 1. The van der Waals surface area contributed by atoms with Gasteiger partial charge in [-0.3, -0.25) is 0 Å². The number of fused-ring (bicyclic) bond motifs is 1. The largest absolute Gasteiger partial charge is 0.362 e. The van der Waals surface area contributed by atoms with Gasteiger partial charge in [-0.05, 0) is 59.8 Å². The van der Waals surface area contributed by atoms with E-state index in [-0.39, 0.29) is 6.04 Å². The first-order valence-electron chi connectivity index (χ1n) is 7.51. The van der Waals surface area contributed by atoms with E-state index in [1.807, 2.05) is 11.3 Å². The van der Waals surface area contributed by atoms with E-state index in [1.54, 1.807) is 0 Å². The third-order valence-electron chi connectivity index (χ3n) is 4.20. The van der Waals surface area contributed by atoms with E-state index >= 15 is 0 Å². The lowest BCUT2D eigenvalue weighted by atomic mass is 10.1. The summed E-state index contributed by atoms with van der Waals surface area (Å²) in [6, 6.07) is 11.3. The summed E-state index contributed by atoms with van der Waals surface area (Å²) >= 11 is 5.49. The molecule has 3 rings (SSSR count). The van der Waals surface area contributed by atoms with Gasteiger partial charge in [0, 0.05) is 33.0 Å². The number of nitrogens with two attached hydrogens (primary N) is 1. The minimum Gasteiger partial charge on any atom is -0.362 e. The Balaban J connectivity index is 2.00. The second kappa shape index (κ2) is 6.51. The van der Waals surface area contributed by atoms with Crippen LogP contribution in [0.3, 0.4) is 0 Å². The molecule has 0 amide bonds. The van der Waals surface area contributed by atoms with Gasteiger partial charge in [0.1, 0.15) is 0 Å². The molecule has 1 aromatic heterocycles. The lowest BCUT2D eigenvalue weighted by Gasteiger charge is -2.32. The van der Waals surface area contributed by atoms with Crippen molar-refractivity contribution in [2.45, 2.75) is 32.2 Å². The Kier molecular flexibility index (Phi) is 4.67. The third-order valence-corrected chi connectivity index (χ3v) is 6.44. The Hall–Kier alpha value is -0.840. The molecule has 1 aromatic carbocycles. The van der Waals surface area contributed by atoms with Gasteiger partial charge in [-0.2, -0.15) is 0 Å². The van der Waals surface area contributed by atoms with E-state index in [0.29, 0.717) is 6.54 Å². The average molecular weight is 365 g/mol. The molecular weight excluding hydrogens is 344 g/mol. The van der Waals surface area contributed by atoms with Crippen LogP contribution in [-0.4, -0.2) is 13.1 Å². The van der Waals surface area contributed by atoms with Crippen molar-refractivity contribution in [3.05, 3.63) is 50.1 Å². The van der Waals surface area contributed by atoms with Gasteiger partial charge in [-0.15, -0.1) is 11.3 Å². The number of rotatable bonds is 3. The van der Waals surface area contributed by atoms with Crippen molar-refractivity contribution in [1.82, 2.24) is 0 Å². The molecule has 0 bridgehead atoms. The molecule has 1 unspecified atom stereocenters. The van der Waals surface area contributed by atoms with Crippen LogP contribution < -0.4 is 10.6 Å². The molecule has 0 saturated heterocycles. The highest BCUT2D eigenvalue weighted by molar-refractivity contribution is 9.10. The van der Waals surface area contributed by atoms with Crippen molar-refractivity contribution in [3.63, 3.8) is 0 Å². The van der Waals surface area contributed by atoms with E-state index < -0.39 is 0 Å². The van der Waals surface area contributed by atoms with Crippen molar-refractivity contribution in [1.29, 1.82) is 0 Å². The molecule has 112 valence electrons. The monoisotopic (exact) mass is 364 g/mol. The lowest BCUT2D eigenvalue weighted by molar-refractivity contribution is 0.618. The first-order chi connectivity index (χ1) is 10.2. The number of benzene rings is 1. The molecule has 2 heterocycles. The molecule has 0 radical (unpaired) electrons. The van der Waals surface area contributed by atoms with Crippen molar-refractivity contribution < 1.29 is 0 Å². The molecule has 0 fully saturated rings. The highest BCUT2D eigenvalue weighted by Crippen LogP contribution is 2.37. The van der Waals surface area contributed by atoms with Crippen LogP contribution in [0.4, 0.5) is 5.69 Å². The maximum absolute atomic E-state index is 6.15. The number of thiophene rings is 1. The molecule has 1 atom stereocenters. The zero-order valence-electron chi connectivity index (χ0n) is 12.3. The third kappa shape index (κ3) is 3.03. The number of halogens is 1. The van der Waals surface area contributed by atoms with Crippen LogP contribution in [0.25, 0.3) is 0 Å². The molecule has 1 aliphatic heterocycles. The van der Waals surface area contributed by atoms with Gasteiger partial charge >= 0.3 is 0 Å². The Morgan fingerprint density at radius 2 is 2.14 bits per heavy atom. The summed E-state index contributed by atoms with van der Waals surface area (Å²) in [6.07, 6.45) is 3.67. The second-order valence-corrected chi connectivity index (χ2v) is 7.73. The number of hydrogen-bond acceptors (Lipinski definition) is 3. The van der Waals surface area contributed by atoms with E-state index in [1.165, 1.54) is 44.7 Å². The van der Waals surface area contributed by atoms with Gasteiger partial charge in [-0.1, -0.05) is 18.2 Å². The van der Waals surface area contributed by atoms with Gasteiger partial charge in [0.2, 0.25) is 0 Å². The first kappa shape index (κ1) is 15.1. The van der Waals surface area contributed by atoms with Crippen LogP contribution in [-0.2, 0) is 6.42 Å². The fourth-order valence-corrected chi connectivity index (χ4v) is 4.77. The predicted octanol–water partition coefficient (Wildman–Crippen LogP) is 4.66. The van der Waals surface area contributed by atoms with Gasteiger partial charge in [0.05, 0.1) is 6.04 Å². The minimum atomic E-state index is 0.277. The zero-order valence-corrected chi connectivity index (χ0v) is 14.7. The molecule has 2 N–H and O–H groups in total. The standard InChI is InChI=1S/C17H21BrN2S/c1-12-14(18)10-17(21-12)16(11-19)20-9-5-4-7-13-6-2-3-8-15(13)20/h2-3,6,8,10,16H,4-5,7,9,11,19H2,1H3. The van der Waals surface area contributed by atoms with Gasteiger partial charge in [0.25, 0.3) is 0 Å². The Morgan fingerprint density at radius 1 is 1.33 bits per heavy atom. The molecular formula is C17H21BrN2S. The maximum atomic E-state index is 6.15. The maximum Gasteiger partial charge on any atom is 0.0757 e. The number of aryl methyl sites for hydroxylation is 2. The van der Waals surface area contributed by atoms with Crippen LogP contribution in [0, 0.1) is 6.92 Å². The number of para-hydroxylation sites is 1. The molecule has 2 nitrogen and oxygen atoms in total. The Morgan fingerprint density at radius 3 is 2.86 bits per heavy atom. The van der Waals surface area contributed by atoms with Crippen molar-refractivity contribution in [2.75, 3.05) is 18.0 Å². The molecule has 0 spiro atoms. The van der Waals surface area contributed by atoms with Crippen molar-refractivity contribution in [3.8, 4) is 0 Å². The summed E-state index contributed by atoms with van der Waals surface area (Å²) in [5.74, 6) is 0. The normalized spacial score (nSPS) is 16.4. The van der Waals surface area contributed by atoms with Crippen molar-refractivity contribution >= 4 is 33.0 Å². The van der Waals surface area contributed by atoms with E-state index in [2.05, 4.69) is 58.1 Å². The fourth-order valence-electron chi connectivity index (χ4n) is 3.09. The summed E-state index contributed by atoms with van der Waals surface area (Å²) in [7, 11) is 0. The second-order valence-electron chi connectivity index (χ2n) is 5.58. The van der Waals surface area contributed by atoms with Crippen molar-refractivity contribution in [2.24, 2.45) is 5.73 Å². The van der Waals surface area contributed by atoms with Gasteiger partial charge in [0.15, 0.2) is 0 Å². The Labute approximate surface area is 139 Å². The van der Waals surface area contributed by atoms with Gasteiger partial charge in [-0.25, -0.2) is 0 Å². The first-order valence-corrected chi connectivity index (χ1v) is 9.12. The Bertz CT molecular complexity index is 604. The quantitative estimate of drug-likeness (QED) is 0.857. The number of hydrogen-bond donors (Lipinski definition) is 1. The van der Waals surface area contributed by atoms with Gasteiger partial charge < -0.3 is 10.6 Å². The van der Waals surface area contributed by atoms with Crippen LogP contribution in [0.5, 0.6) is 0 Å². The lowest BCUT2D eigenvalue weighted by Crippen LogP contribution is -2.34. The summed E-state index contributed by atoms with van der Waals surface area (Å²) in [5, 5.41) is 0. The molecule has 21 heavy (non-hydrogen) atoms. The minimum absolute atomic E-state index is 0.277. The van der Waals surface area contributed by atoms with Crippen LogP contribution in [0.2, 0.25) is 0 Å². The molecule has 2 aromatic rings. The summed E-state index contributed by atoms with van der Waals surface area (Å²) in [6.45, 7) is 3.90. The summed E-state index contributed by atoms with van der Waals surface area (Å²) < 4.78 is 1.20. The highest BCUT2D eigenvalue weighted by Gasteiger charge is 2.25. The summed E-state index contributed by atoms with van der Waals surface area (Å²) in [4.78, 5) is 5.20. The van der Waals surface area contributed by atoms with Crippen LogP contribution in [0.1, 0.15) is 34.2 Å². The predicted molar refractivity (Wildman–Crippen MR) is 95.3 cm³/mol. The smallest absolute Gasteiger partial charge is 0.0757 e.